The van der Waals surface area contributed by atoms with Crippen LogP contribution >= 0.6 is 7.82 Å². The molecule has 1 fully saturated rings. The fourth-order valence-corrected chi connectivity index (χ4v) is 7.82. The third-order valence-corrected chi connectivity index (χ3v) is 11.6. The molecule has 0 aliphatic heterocycles. The topological polar surface area (TPSA) is 192 Å². The standard InChI is InChI=1S/C49H85O12P/c1-3-5-7-9-11-13-15-17-19-21-22-23-24-26-28-30-32-34-36-38-43(50)60-42(41-59-62(56,57)61-49-47(54)45(52)44(51)46(53)48(49)55)40-58-39-37-35-33-31-29-27-25-20-18-16-14-12-10-8-6-4-2/h5,7,11,13,17,19,22-23,26,28,32,34,42,44-49,51-55H,3-4,6,8-10,12,14-16,18,20-21,24-25,27,29-31,33,35-41H2,1-2H3,(H,56,57)/b7-5-,13-11-,19-17-,23-22-,28-26-,34-32-/t42-,44?,45-,46?,47?,48?,49?/m1/s1. The second-order valence-corrected chi connectivity index (χ2v) is 17.6. The molecule has 6 N–H and O–H groups in total. The van der Waals surface area contributed by atoms with Gasteiger partial charge in [0.15, 0.2) is 0 Å². The first-order valence-electron chi connectivity index (χ1n) is 23.8. The van der Waals surface area contributed by atoms with Gasteiger partial charge in [-0.05, 0) is 51.4 Å². The van der Waals surface area contributed by atoms with Crippen molar-refractivity contribution >= 4 is 13.8 Å². The van der Waals surface area contributed by atoms with Gasteiger partial charge in [-0.1, -0.05) is 183 Å². The smallest absolute Gasteiger partial charge is 0.457 e. The summed E-state index contributed by atoms with van der Waals surface area (Å²) in [6, 6.07) is 0. The Morgan fingerprint density at radius 2 is 0.919 bits per heavy atom. The molecule has 1 rings (SSSR count). The molecule has 0 amide bonds. The van der Waals surface area contributed by atoms with E-state index in [4.69, 9.17) is 18.5 Å². The van der Waals surface area contributed by atoms with Gasteiger partial charge >= 0.3 is 13.8 Å². The van der Waals surface area contributed by atoms with Gasteiger partial charge in [-0.3, -0.25) is 13.8 Å². The quantitative estimate of drug-likeness (QED) is 0.0148. The van der Waals surface area contributed by atoms with E-state index in [1.165, 1.54) is 83.5 Å². The van der Waals surface area contributed by atoms with Crippen LogP contribution in [-0.4, -0.2) is 98.9 Å². The number of allylic oxidation sites excluding steroid dienone is 12. The van der Waals surface area contributed by atoms with E-state index in [0.717, 1.165) is 57.8 Å². The lowest BCUT2D eigenvalue weighted by Gasteiger charge is -2.41. The lowest BCUT2D eigenvalue weighted by molar-refractivity contribution is -0.220. The van der Waals surface area contributed by atoms with Crippen LogP contribution < -0.4 is 0 Å². The van der Waals surface area contributed by atoms with E-state index in [9.17, 15) is 39.8 Å². The van der Waals surface area contributed by atoms with Gasteiger partial charge in [0.2, 0.25) is 0 Å². The van der Waals surface area contributed by atoms with E-state index in [1.54, 1.807) is 0 Å². The van der Waals surface area contributed by atoms with Crippen molar-refractivity contribution in [2.75, 3.05) is 19.8 Å². The molecule has 0 radical (unpaired) electrons. The van der Waals surface area contributed by atoms with Crippen LogP contribution in [0.15, 0.2) is 72.9 Å². The fraction of sp³-hybridized carbons (Fsp3) is 0.735. The van der Waals surface area contributed by atoms with Gasteiger partial charge in [-0.25, -0.2) is 4.57 Å². The van der Waals surface area contributed by atoms with Gasteiger partial charge < -0.3 is 39.9 Å². The van der Waals surface area contributed by atoms with Gasteiger partial charge in [0.1, 0.15) is 42.7 Å². The Kier molecular flexibility index (Phi) is 36.5. The minimum atomic E-state index is -5.04. The summed E-state index contributed by atoms with van der Waals surface area (Å²) in [5.41, 5.74) is 0. The lowest BCUT2D eigenvalue weighted by Crippen LogP contribution is -2.64. The largest absolute Gasteiger partial charge is 0.472 e. The summed E-state index contributed by atoms with van der Waals surface area (Å²) < 4.78 is 34.1. The van der Waals surface area contributed by atoms with Crippen molar-refractivity contribution in [2.45, 2.75) is 211 Å². The van der Waals surface area contributed by atoms with Crippen LogP contribution in [0.1, 0.15) is 168 Å². The predicted molar refractivity (Wildman–Crippen MR) is 248 cm³/mol. The Bertz CT molecular complexity index is 1300. The first kappa shape index (κ1) is 57.8. The molecule has 0 heterocycles. The number of ether oxygens (including phenoxy) is 2. The molecule has 0 spiro atoms. The van der Waals surface area contributed by atoms with Gasteiger partial charge in [0.25, 0.3) is 0 Å². The Balaban J connectivity index is 2.45. The summed E-state index contributed by atoms with van der Waals surface area (Å²) >= 11 is 0. The second-order valence-electron chi connectivity index (χ2n) is 16.2. The van der Waals surface area contributed by atoms with Gasteiger partial charge in [0.05, 0.1) is 13.2 Å². The predicted octanol–water partition coefficient (Wildman–Crippen LogP) is 9.97. The zero-order valence-corrected chi connectivity index (χ0v) is 39.0. The van der Waals surface area contributed by atoms with Gasteiger partial charge in [0, 0.05) is 13.0 Å². The van der Waals surface area contributed by atoms with E-state index >= 15 is 0 Å². The number of aliphatic hydroxyl groups is 5. The number of carbonyl (C=O) groups is 1. The zero-order chi connectivity index (χ0) is 45.5. The maximum Gasteiger partial charge on any atom is 0.472 e. The molecule has 6 unspecified atom stereocenters. The highest BCUT2D eigenvalue weighted by molar-refractivity contribution is 7.47. The van der Waals surface area contributed by atoms with E-state index in [-0.39, 0.29) is 13.0 Å². The molecule has 8 atom stereocenters. The van der Waals surface area contributed by atoms with Crippen LogP contribution in [0.2, 0.25) is 0 Å². The number of phosphoric ester groups is 1. The SMILES string of the molecule is CC/C=C\C/C=C\C/C=C\C/C=C\C/C=C\C/C=C\CCC(=O)O[C@H](COCCCCCCCCCCCCCCCCCC)COP(=O)(O)OC1C(O)C(O)C(O)[C@@H](O)C1O. The molecule has 1 aliphatic rings. The summed E-state index contributed by atoms with van der Waals surface area (Å²) in [5, 5.41) is 50.2. The number of rotatable bonds is 39. The molecule has 13 heteroatoms. The normalized spacial score (nSPS) is 22.6. The number of esters is 1. The summed E-state index contributed by atoms with van der Waals surface area (Å²) in [6.45, 7) is 4.07. The van der Waals surface area contributed by atoms with Gasteiger partial charge in [-0.2, -0.15) is 0 Å². The molecule has 0 aromatic heterocycles. The monoisotopic (exact) mass is 897 g/mol. The second kappa shape index (κ2) is 39.2. The first-order chi connectivity index (χ1) is 30.0. The summed E-state index contributed by atoms with van der Waals surface area (Å²) in [6.07, 6.45) is 38.4. The van der Waals surface area contributed by atoms with E-state index < -0.39 is 63.1 Å². The molecule has 0 aromatic rings. The Morgan fingerprint density at radius 3 is 1.35 bits per heavy atom. The Morgan fingerprint density at radius 1 is 0.532 bits per heavy atom. The molecule has 0 bridgehead atoms. The number of unbranched alkanes of at least 4 members (excludes halogenated alkanes) is 15. The Hall–Kier alpha value is -2.22. The molecule has 12 nitrogen and oxygen atoms in total. The van der Waals surface area contributed by atoms with Crippen molar-refractivity contribution in [2.24, 2.45) is 0 Å². The molecule has 62 heavy (non-hydrogen) atoms. The first-order valence-corrected chi connectivity index (χ1v) is 25.3. The van der Waals surface area contributed by atoms with Crippen LogP contribution in [0, 0.1) is 0 Å². The summed E-state index contributed by atoms with van der Waals surface area (Å²) in [5.74, 6) is -0.559. The van der Waals surface area contributed by atoms with Crippen molar-refractivity contribution in [3.05, 3.63) is 72.9 Å². The zero-order valence-electron chi connectivity index (χ0n) is 38.1. The fourth-order valence-electron chi connectivity index (χ4n) is 6.85. The van der Waals surface area contributed by atoms with Crippen molar-refractivity contribution in [3.63, 3.8) is 0 Å². The van der Waals surface area contributed by atoms with E-state index in [1.807, 2.05) is 12.2 Å². The van der Waals surface area contributed by atoms with Crippen LogP contribution in [0.5, 0.6) is 0 Å². The van der Waals surface area contributed by atoms with E-state index in [0.29, 0.717) is 13.0 Å². The number of hydrogen-bond acceptors (Lipinski definition) is 11. The number of phosphoric acid groups is 1. The van der Waals surface area contributed by atoms with Crippen LogP contribution in [-0.2, 0) is 27.9 Å². The van der Waals surface area contributed by atoms with Crippen LogP contribution in [0.4, 0.5) is 0 Å². The Labute approximate surface area is 374 Å². The maximum atomic E-state index is 12.8. The van der Waals surface area contributed by atoms with Crippen molar-refractivity contribution in [1.82, 2.24) is 0 Å². The molecule has 0 saturated heterocycles. The highest BCUT2D eigenvalue weighted by atomic mass is 31.2. The van der Waals surface area contributed by atoms with Crippen molar-refractivity contribution in [1.29, 1.82) is 0 Å². The van der Waals surface area contributed by atoms with Gasteiger partial charge in [-0.15, -0.1) is 0 Å². The van der Waals surface area contributed by atoms with Crippen molar-refractivity contribution in [3.8, 4) is 0 Å². The molecular formula is C49H85O12P. The summed E-state index contributed by atoms with van der Waals surface area (Å²) in [4.78, 5) is 23.1. The minimum Gasteiger partial charge on any atom is -0.457 e. The van der Waals surface area contributed by atoms with E-state index in [2.05, 4.69) is 74.6 Å². The number of carbonyl (C=O) groups excluding carboxylic acids is 1. The molecule has 358 valence electrons. The number of aliphatic hydroxyl groups excluding tert-OH is 5. The average molecular weight is 897 g/mol. The summed E-state index contributed by atoms with van der Waals surface area (Å²) in [7, 11) is -5.04. The molecule has 1 saturated carbocycles. The molecule has 0 aromatic carbocycles. The minimum absolute atomic E-state index is 0.0592. The third kappa shape index (κ3) is 30.8. The lowest BCUT2D eigenvalue weighted by atomic mass is 9.85. The van der Waals surface area contributed by atoms with Crippen LogP contribution in [0.25, 0.3) is 0 Å². The van der Waals surface area contributed by atoms with Crippen LogP contribution in [0.3, 0.4) is 0 Å². The molecular weight excluding hydrogens is 812 g/mol. The molecule has 1 aliphatic carbocycles. The van der Waals surface area contributed by atoms with Crippen molar-refractivity contribution < 1.29 is 58.3 Å². The highest BCUT2D eigenvalue weighted by Gasteiger charge is 2.51. The number of hydrogen-bond donors (Lipinski definition) is 6. The average Bonchev–Trinajstić information content (AvgIpc) is 3.26. The highest BCUT2D eigenvalue weighted by Crippen LogP contribution is 2.47. The third-order valence-electron chi connectivity index (χ3n) is 10.6. The maximum absolute atomic E-state index is 12.8.